The molecule has 7 heteroatoms. The van der Waals surface area contributed by atoms with Gasteiger partial charge in [0.2, 0.25) is 0 Å². The van der Waals surface area contributed by atoms with Crippen molar-refractivity contribution in [2.24, 2.45) is 0 Å². The van der Waals surface area contributed by atoms with E-state index in [1.165, 1.54) is 30.6 Å². The second kappa shape index (κ2) is 6.89. The van der Waals surface area contributed by atoms with E-state index in [1.54, 1.807) is 6.07 Å². The number of hydrogen-bond acceptors (Lipinski definition) is 3. The van der Waals surface area contributed by atoms with Gasteiger partial charge in [-0.15, -0.1) is 0 Å². The number of pyridine rings is 1. The minimum absolute atomic E-state index is 0.0108. The lowest BCUT2D eigenvalue weighted by atomic mass is 9.97. The van der Waals surface area contributed by atoms with E-state index in [1.807, 2.05) is 0 Å². The van der Waals surface area contributed by atoms with Gasteiger partial charge in [0.15, 0.2) is 5.76 Å². The van der Waals surface area contributed by atoms with Crippen molar-refractivity contribution in [3.8, 4) is 33.7 Å². The van der Waals surface area contributed by atoms with Gasteiger partial charge in [-0.1, -0.05) is 16.8 Å². The van der Waals surface area contributed by atoms with E-state index >= 15 is 0 Å². The molecule has 0 unspecified atom stereocenters. The van der Waals surface area contributed by atoms with Crippen molar-refractivity contribution in [3.05, 3.63) is 83.4 Å². The van der Waals surface area contributed by atoms with Crippen LogP contribution in [0.1, 0.15) is 0 Å². The topological polar surface area (TPSA) is 38.9 Å². The Morgan fingerprint density at radius 1 is 0.963 bits per heavy atom. The van der Waals surface area contributed by atoms with E-state index in [-0.39, 0.29) is 27.6 Å². The molecule has 2 aromatic heterocycles. The van der Waals surface area contributed by atoms with Crippen LogP contribution in [0.5, 0.6) is 0 Å². The molecule has 0 fully saturated rings. The third-order valence-electron chi connectivity index (χ3n) is 3.94. The van der Waals surface area contributed by atoms with E-state index in [0.717, 1.165) is 18.2 Å². The Morgan fingerprint density at radius 2 is 1.74 bits per heavy atom. The molecule has 3 nitrogen and oxygen atoms in total. The lowest BCUT2D eigenvalue weighted by Gasteiger charge is -2.06. The van der Waals surface area contributed by atoms with Crippen LogP contribution in [-0.2, 0) is 0 Å². The smallest absolute Gasteiger partial charge is 0.178 e. The molecule has 0 aliphatic heterocycles. The second-order valence-electron chi connectivity index (χ2n) is 5.66. The van der Waals surface area contributed by atoms with Crippen LogP contribution < -0.4 is 0 Å². The van der Waals surface area contributed by atoms with Gasteiger partial charge >= 0.3 is 0 Å². The molecule has 0 spiro atoms. The molecular formula is C20H9ClF3N2O. The average molecular weight is 386 g/mol. The third-order valence-corrected chi connectivity index (χ3v) is 4.18. The molecule has 0 amide bonds. The molecular weight excluding hydrogens is 377 g/mol. The summed E-state index contributed by atoms with van der Waals surface area (Å²) in [5, 5.41) is 4.16. The van der Waals surface area contributed by atoms with Gasteiger partial charge in [-0.2, -0.15) is 0 Å². The maximum atomic E-state index is 14.5. The Hall–Kier alpha value is -3.12. The molecule has 4 rings (SSSR count). The van der Waals surface area contributed by atoms with Crippen LogP contribution >= 0.6 is 11.6 Å². The fourth-order valence-electron chi connectivity index (χ4n) is 2.74. The molecule has 0 aliphatic rings. The number of halogens is 4. The van der Waals surface area contributed by atoms with Crippen LogP contribution in [0.3, 0.4) is 0 Å². The zero-order valence-electron chi connectivity index (χ0n) is 13.5. The monoisotopic (exact) mass is 385 g/mol. The Balaban J connectivity index is 2.00. The molecule has 0 atom stereocenters. The summed E-state index contributed by atoms with van der Waals surface area (Å²) in [6.45, 7) is 0. The molecule has 0 saturated carbocycles. The van der Waals surface area contributed by atoms with E-state index in [9.17, 15) is 13.2 Å². The van der Waals surface area contributed by atoms with Crippen LogP contribution in [0, 0.1) is 23.5 Å². The highest BCUT2D eigenvalue weighted by molar-refractivity contribution is 6.30. The molecule has 1 radical (unpaired) electrons. The molecule has 0 N–H and O–H groups in total. The fraction of sp³-hybridized carbons (Fsp3) is 0. The van der Waals surface area contributed by atoms with Crippen LogP contribution in [-0.4, -0.2) is 10.1 Å². The summed E-state index contributed by atoms with van der Waals surface area (Å²) in [5.74, 6) is -2.14. The van der Waals surface area contributed by atoms with Gasteiger partial charge in [0.25, 0.3) is 0 Å². The first-order chi connectivity index (χ1) is 13.0. The largest absolute Gasteiger partial charge is 0.355 e. The highest BCUT2D eigenvalue weighted by Crippen LogP contribution is 2.41. The van der Waals surface area contributed by atoms with Gasteiger partial charge in [-0.3, -0.25) is 4.98 Å². The van der Waals surface area contributed by atoms with Crippen molar-refractivity contribution < 1.29 is 17.7 Å². The summed E-state index contributed by atoms with van der Waals surface area (Å²) < 4.78 is 47.4. The number of rotatable bonds is 3. The predicted molar refractivity (Wildman–Crippen MR) is 94.3 cm³/mol. The maximum Gasteiger partial charge on any atom is 0.178 e. The second-order valence-corrected chi connectivity index (χ2v) is 6.09. The summed E-state index contributed by atoms with van der Waals surface area (Å²) in [5.41, 5.74) is 1.05. The molecule has 27 heavy (non-hydrogen) atoms. The molecule has 0 saturated heterocycles. The van der Waals surface area contributed by atoms with Crippen LogP contribution in [0.15, 0.2) is 59.4 Å². The van der Waals surface area contributed by atoms with Gasteiger partial charge in [0, 0.05) is 40.7 Å². The molecule has 2 aromatic carbocycles. The lowest BCUT2D eigenvalue weighted by molar-refractivity contribution is 0.432. The van der Waals surface area contributed by atoms with Crippen LogP contribution in [0.25, 0.3) is 33.7 Å². The molecule has 2 heterocycles. The highest BCUT2D eigenvalue weighted by atomic mass is 35.5. The van der Waals surface area contributed by atoms with Crippen LogP contribution in [0.2, 0.25) is 5.02 Å². The summed E-state index contributed by atoms with van der Waals surface area (Å²) in [6, 6.07) is 11.6. The molecule has 133 valence electrons. The van der Waals surface area contributed by atoms with Crippen molar-refractivity contribution in [1.82, 2.24) is 10.1 Å². The SMILES string of the molecule is Fc1ccc(-c2onc(-c3ccc(Cl)cc3F)c2-c2c[c]cnc2)c(F)c1. The Bertz CT molecular complexity index is 1060. The molecule has 0 bridgehead atoms. The van der Waals surface area contributed by atoms with E-state index in [2.05, 4.69) is 16.2 Å². The van der Waals surface area contributed by atoms with E-state index < -0.39 is 17.5 Å². The van der Waals surface area contributed by atoms with Crippen molar-refractivity contribution in [2.75, 3.05) is 0 Å². The quantitative estimate of drug-likeness (QED) is 0.438. The predicted octanol–water partition coefficient (Wildman–Crippen LogP) is 5.94. The minimum Gasteiger partial charge on any atom is -0.355 e. The summed E-state index contributed by atoms with van der Waals surface area (Å²) in [6.07, 6.45) is 2.93. The number of nitrogens with zero attached hydrogens (tertiary/aromatic N) is 2. The Labute approximate surface area is 157 Å². The van der Waals surface area contributed by atoms with Gasteiger partial charge in [0.05, 0.1) is 11.1 Å². The van der Waals surface area contributed by atoms with Crippen molar-refractivity contribution in [1.29, 1.82) is 0 Å². The highest BCUT2D eigenvalue weighted by Gasteiger charge is 2.25. The number of aromatic nitrogens is 2. The van der Waals surface area contributed by atoms with Gasteiger partial charge in [-0.25, -0.2) is 13.2 Å². The minimum atomic E-state index is -0.830. The first-order valence-electron chi connectivity index (χ1n) is 7.76. The zero-order chi connectivity index (χ0) is 19.0. The normalized spacial score (nSPS) is 11.0. The zero-order valence-corrected chi connectivity index (χ0v) is 14.3. The van der Waals surface area contributed by atoms with Crippen molar-refractivity contribution in [2.45, 2.75) is 0 Å². The number of hydrogen-bond donors (Lipinski definition) is 0. The molecule has 4 aromatic rings. The fourth-order valence-corrected chi connectivity index (χ4v) is 2.90. The van der Waals surface area contributed by atoms with Gasteiger partial charge < -0.3 is 4.52 Å². The first-order valence-corrected chi connectivity index (χ1v) is 8.14. The van der Waals surface area contributed by atoms with Crippen molar-refractivity contribution in [3.63, 3.8) is 0 Å². The summed E-state index contributed by atoms with van der Waals surface area (Å²) in [4.78, 5) is 3.99. The molecule has 0 aliphatic carbocycles. The summed E-state index contributed by atoms with van der Waals surface area (Å²) in [7, 11) is 0. The third kappa shape index (κ3) is 3.19. The lowest BCUT2D eigenvalue weighted by Crippen LogP contribution is -1.91. The maximum absolute atomic E-state index is 14.5. The Morgan fingerprint density at radius 3 is 2.44 bits per heavy atom. The summed E-state index contributed by atoms with van der Waals surface area (Å²) >= 11 is 5.81. The number of benzene rings is 2. The van der Waals surface area contributed by atoms with E-state index in [0.29, 0.717) is 11.1 Å². The average Bonchev–Trinajstić information content (AvgIpc) is 3.07. The Kier molecular flexibility index (Phi) is 4.41. The van der Waals surface area contributed by atoms with Crippen molar-refractivity contribution >= 4 is 11.6 Å². The van der Waals surface area contributed by atoms with Gasteiger partial charge in [0.1, 0.15) is 23.1 Å². The van der Waals surface area contributed by atoms with E-state index in [4.69, 9.17) is 16.1 Å². The van der Waals surface area contributed by atoms with Gasteiger partial charge in [-0.05, 0) is 36.4 Å². The first kappa shape index (κ1) is 17.3. The standard InChI is InChI=1S/C20H9ClF3N2O/c21-12-3-5-14(16(23)8-12)19-18(11-2-1-7-25-10-11)20(27-26-19)15-6-4-13(22)9-17(15)24/h2-10H. The van der Waals surface area contributed by atoms with Crippen LogP contribution in [0.4, 0.5) is 13.2 Å².